The molecule has 8 heteroatoms. The number of unbranched alkanes of at least 4 members (excludes halogenated alkanes) is 2. The van der Waals surface area contributed by atoms with E-state index in [-0.39, 0.29) is 36.6 Å². The molecule has 2 saturated heterocycles. The number of halogens is 1. The van der Waals surface area contributed by atoms with E-state index in [1.165, 1.54) is 38.5 Å². The Morgan fingerprint density at radius 3 is 1.22 bits per heavy atom. The first-order valence-electron chi connectivity index (χ1n) is 14.7. The van der Waals surface area contributed by atoms with Crippen LogP contribution in [-0.4, -0.2) is 37.1 Å². The van der Waals surface area contributed by atoms with Crippen LogP contribution in [0.2, 0.25) is 5.28 Å². The molecule has 1 aromatic heterocycles. The number of rotatable bonds is 8. The Bertz CT molecular complexity index is 847. The number of nitrogens with zero attached hydrogens (tertiary/aromatic N) is 5. The van der Waals surface area contributed by atoms with Crippen molar-refractivity contribution in [2.75, 3.05) is 0 Å². The lowest BCUT2D eigenvalue weighted by Gasteiger charge is -2.59. The number of piperidine rings is 2. The van der Waals surface area contributed by atoms with Crippen LogP contribution in [0.3, 0.4) is 0 Å². The molecule has 0 saturated carbocycles. The van der Waals surface area contributed by atoms with E-state index >= 15 is 0 Å². The summed E-state index contributed by atoms with van der Waals surface area (Å²) in [6.45, 7) is 22.6. The van der Waals surface area contributed by atoms with Crippen LogP contribution in [-0.2, 0) is 0 Å². The lowest BCUT2D eigenvalue weighted by atomic mass is 9.71. The summed E-state index contributed by atoms with van der Waals surface area (Å²) in [5.74, 6) is 17.2. The molecule has 0 bridgehead atoms. The lowest BCUT2D eigenvalue weighted by Crippen LogP contribution is -2.81. The van der Waals surface area contributed by atoms with E-state index in [9.17, 15) is 0 Å². The molecule has 7 nitrogen and oxygen atoms in total. The molecule has 2 aliphatic heterocycles. The predicted molar refractivity (Wildman–Crippen MR) is 158 cm³/mol. The fraction of sp³-hybridized carbons (Fsp3) is 0.897. The third kappa shape index (κ3) is 5.08. The minimum absolute atomic E-state index is 0.123. The molecule has 1 aromatic rings. The van der Waals surface area contributed by atoms with Gasteiger partial charge in [-0.1, -0.05) is 39.5 Å². The van der Waals surface area contributed by atoms with Crippen molar-refractivity contribution >= 4 is 23.5 Å². The third-order valence-corrected chi connectivity index (χ3v) is 10.3. The largest absolute Gasteiger partial charge is 0.358 e. The summed E-state index contributed by atoms with van der Waals surface area (Å²) >= 11 is 6.69. The van der Waals surface area contributed by atoms with Crippen LogP contribution in [0.4, 0.5) is 11.9 Å². The smallest absolute Gasteiger partial charge is 0.174 e. The molecule has 2 fully saturated rings. The Balaban J connectivity index is 2.11. The quantitative estimate of drug-likeness (QED) is 0.270. The van der Waals surface area contributed by atoms with Crippen LogP contribution in [0.1, 0.15) is 133 Å². The van der Waals surface area contributed by atoms with Gasteiger partial charge >= 0.3 is 11.9 Å². The van der Waals surface area contributed by atoms with E-state index in [0.717, 1.165) is 25.7 Å². The molecule has 0 aliphatic carbocycles. The maximum absolute atomic E-state index is 7.43. The summed E-state index contributed by atoms with van der Waals surface area (Å²) < 4.78 is 0.246. The van der Waals surface area contributed by atoms with Crippen LogP contribution in [0.15, 0.2) is 0 Å². The fourth-order valence-corrected chi connectivity index (χ4v) is 8.46. The second-order valence-electron chi connectivity index (χ2n) is 14.7. The van der Waals surface area contributed by atoms with Crippen LogP contribution >= 0.6 is 11.6 Å². The van der Waals surface area contributed by atoms with Gasteiger partial charge in [0, 0.05) is 25.7 Å². The first-order valence-corrected chi connectivity index (χ1v) is 15.0. The van der Waals surface area contributed by atoms with Gasteiger partial charge in [0.1, 0.15) is 22.2 Å². The van der Waals surface area contributed by atoms with E-state index < -0.39 is 0 Å². The molecule has 4 N–H and O–H groups in total. The van der Waals surface area contributed by atoms with Crippen molar-refractivity contribution in [1.29, 1.82) is 0 Å². The molecule has 0 amide bonds. The maximum Gasteiger partial charge on any atom is 0.358 e. The minimum atomic E-state index is -0.278. The van der Waals surface area contributed by atoms with Crippen molar-refractivity contribution in [3.05, 3.63) is 5.28 Å². The molecular formula is C29H56ClN7+2. The first-order chi connectivity index (χ1) is 16.9. The SMILES string of the molecule is CCCCC1CC(C)(C)[N+](N)(c2nc(Cl)nc([N+]3(N)C(C)(C)CC(CCCC)CC3(C)C)n2)C(C)(C)C1. The van der Waals surface area contributed by atoms with Gasteiger partial charge in [-0.3, -0.25) is 0 Å². The molecule has 0 spiro atoms. The van der Waals surface area contributed by atoms with Gasteiger partial charge in [0.2, 0.25) is 5.28 Å². The summed E-state index contributed by atoms with van der Waals surface area (Å²) in [6, 6.07) is 0. The molecule has 3 heterocycles. The average molecular weight is 538 g/mol. The summed E-state index contributed by atoms with van der Waals surface area (Å²) in [6.07, 6.45) is 11.5. The Labute approximate surface area is 231 Å². The number of hydrogen-bond donors (Lipinski definition) is 2. The minimum Gasteiger partial charge on any atom is -0.174 e. The lowest BCUT2D eigenvalue weighted by molar-refractivity contribution is -0.0601. The van der Waals surface area contributed by atoms with E-state index in [2.05, 4.69) is 69.2 Å². The Morgan fingerprint density at radius 2 is 0.946 bits per heavy atom. The van der Waals surface area contributed by atoms with Crippen LogP contribution in [0, 0.1) is 11.8 Å². The highest BCUT2D eigenvalue weighted by atomic mass is 35.5. The summed E-state index contributed by atoms with van der Waals surface area (Å²) in [4.78, 5) is 14.6. The van der Waals surface area contributed by atoms with Crippen LogP contribution < -0.4 is 20.9 Å². The Hall–Kier alpha value is -0.860. The predicted octanol–water partition coefficient (Wildman–Crippen LogP) is 7.20. The molecule has 0 unspecified atom stereocenters. The van der Waals surface area contributed by atoms with Gasteiger partial charge in [-0.2, -0.15) is 20.9 Å². The van der Waals surface area contributed by atoms with Crippen molar-refractivity contribution in [3.8, 4) is 0 Å². The number of aromatic nitrogens is 3. The monoisotopic (exact) mass is 537 g/mol. The topological polar surface area (TPSA) is 90.7 Å². The van der Waals surface area contributed by atoms with Gasteiger partial charge in [0.15, 0.2) is 0 Å². The second-order valence-corrected chi connectivity index (χ2v) is 15.1. The zero-order chi connectivity index (χ0) is 28.1. The molecule has 37 heavy (non-hydrogen) atoms. The van der Waals surface area contributed by atoms with E-state index in [1.807, 2.05) is 0 Å². The molecule has 212 valence electrons. The molecule has 2 aliphatic rings. The molecule has 0 aromatic carbocycles. The third-order valence-electron chi connectivity index (χ3n) is 10.1. The summed E-state index contributed by atoms with van der Waals surface area (Å²) in [7, 11) is 0. The Morgan fingerprint density at radius 1 is 0.649 bits per heavy atom. The molecule has 0 radical (unpaired) electrons. The fourth-order valence-electron chi connectivity index (χ4n) is 8.31. The normalized spacial score (nSPS) is 34.3. The Kier molecular flexibility index (Phi) is 8.52. The highest BCUT2D eigenvalue weighted by molar-refractivity contribution is 6.28. The van der Waals surface area contributed by atoms with E-state index in [1.54, 1.807) is 0 Å². The van der Waals surface area contributed by atoms with Gasteiger partial charge < -0.3 is 0 Å². The maximum atomic E-state index is 7.43. The molecular weight excluding hydrogens is 482 g/mol. The molecule has 0 atom stereocenters. The van der Waals surface area contributed by atoms with E-state index in [0.29, 0.717) is 23.7 Å². The zero-order valence-electron chi connectivity index (χ0n) is 25.5. The van der Waals surface area contributed by atoms with Gasteiger partial charge in [0.05, 0.1) is 0 Å². The van der Waals surface area contributed by atoms with Gasteiger partial charge in [0.25, 0.3) is 0 Å². The van der Waals surface area contributed by atoms with Crippen molar-refractivity contribution in [2.24, 2.45) is 23.5 Å². The van der Waals surface area contributed by atoms with E-state index in [4.69, 9.17) is 38.2 Å². The van der Waals surface area contributed by atoms with Gasteiger partial charge in [-0.15, -0.1) is 15.0 Å². The highest BCUT2D eigenvalue weighted by Crippen LogP contribution is 2.51. The van der Waals surface area contributed by atoms with Crippen molar-refractivity contribution in [2.45, 2.75) is 156 Å². The highest BCUT2D eigenvalue weighted by Gasteiger charge is 2.64. The van der Waals surface area contributed by atoms with Gasteiger partial charge in [-0.05, 0) is 91.7 Å². The number of nitrogens with two attached hydrogens (primary N) is 2. The standard InChI is InChI=1S/C29H56ClN7/c1-11-13-15-21-17-26(3,4)36(31,27(5,6)18-21)24-33-23(30)34-25(35-24)37(32)28(7,8)19-22(16-14-12-2)20-29(37,9)10/h21-22H,11-20,31-32H2,1-10H3/q+2. The van der Waals surface area contributed by atoms with Crippen molar-refractivity contribution < 1.29 is 0 Å². The van der Waals surface area contributed by atoms with Crippen LogP contribution in [0.5, 0.6) is 0 Å². The number of quaternary nitrogens is 2. The van der Waals surface area contributed by atoms with Gasteiger partial charge in [-0.25, -0.2) is 0 Å². The average Bonchev–Trinajstić information content (AvgIpc) is 2.76. The molecule has 3 rings (SSSR count). The summed E-state index contributed by atoms with van der Waals surface area (Å²) in [5, 5.41) is 0.172. The number of hydrogen-bond acceptors (Lipinski definition) is 5. The zero-order valence-corrected chi connectivity index (χ0v) is 26.3. The first kappa shape index (κ1) is 30.7. The second kappa shape index (κ2) is 10.3. The van der Waals surface area contributed by atoms with Crippen molar-refractivity contribution in [1.82, 2.24) is 24.1 Å². The van der Waals surface area contributed by atoms with Crippen LogP contribution in [0.25, 0.3) is 0 Å². The summed E-state index contributed by atoms with van der Waals surface area (Å²) in [5.41, 5.74) is -1.11. The van der Waals surface area contributed by atoms with Crippen molar-refractivity contribution in [3.63, 3.8) is 0 Å².